The summed E-state index contributed by atoms with van der Waals surface area (Å²) in [5.41, 5.74) is 3.75. The van der Waals surface area contributed by atoms with Crippen molar-refractivity contribution in [2.24, 2.45) is 0 Å². The lowest BCUT2D eigenvalue weighted by Gasteiger charge is -2.21. The summed E-state index contributed by atoms with van der Waals surface area (Å²) in [7, 11) is 0. The van der Waals surface area contributed by atoms with Crippen LogP contribution in [0.1, 0.15) is 42.8 Å². The monoisotopic (exact) mass is 240 g/mol. The number of rotatable bonds is 4. The Hall–Kier alpha value is -1.67. The van der Waals surface area contributed by atoms with Gasteiger partial charge in [0.2, 0.25) is 0 Å². The van der Waals surface area contributed by atoms with E-state index in [1.807, 2.05) is 18.3 Å². The zero-order valence-electron chi connectivity index (χ0n) is 11.2. The number of aromatic nitrogens is 1. The largest absolute Gasteiger partial charge is 0.302 e. The Morgan fingerprint density at radius 2 is 1.67 bits per heavy atom. The van der Waals surface area contributed by atoms with Crippen LogP contribution in [-0.2, 0) is 0 Å². The molecule has 2 atom stereocenters. The van der Waals surface area contributed by atoms with Gasteiger partial charge in [0.15, 0.2) is 0 Å². The van der Waals surface area contributed by atoms with Gasteiger partial charge in [-0.15, -0.1) is 0 Å². The maximum absolute atomic E-state index is 4.39. The van der Waals surface area contributed by atoms with Crippen LogP contribution in [0.2, 0.25) is 0 Å². The molecule has 0 aliphatic rings. The van der Waals surface area contributed by atoms with Crippen LogP contribution in [0.3, 0.4) is 0 Å². The summed E-state index contributed by atoms with van der Waals surface area (Å²) >= 11 is 0. The molecule has 0 amide bonds. The first kappa shape index (κ1) is 12.8. The zero-order chi connectivity index (χ0) is 13.0. The predicted molar refractivity (Wildman–Crippen MR) is 75.4 cm³/mol. The smallest absolute Gasteiger partial charge is 0.0570 e. The van der Waals surface area contributed by atoms with Crippen LogP contribution in [0.25, 0.3) is 0 Å². The lowest BCUT2D eigenvalue weighted by Crippen LogP contribution is -2.23. The first-order valence-corrected chi connectivity index (χ1v) is 6.41. The van der Waals surface area contributed by atoms with E-state index in [0.29, 0.717) is 6.04 Å². The minimum absolute atomic E-state index is 0.251. The summed E-state index contributed by atoms with van der Waals surface area (Å²) in [6, 6.07) is 15.1. The van der Waals surface area contributed by atoms with Gasteiger partial charge in [-0.25, -0.2) is 0 Å². The van der Waals surface area contributed by atoms with Gasteiger partial charge >= 0.3 is 0 Å². The van der Waals surface area contributed by atoms with Crippen molar-refractivity contribution in [2.75, 3.05) is 0 Å². The van der Waals surface area contributed by atoms with Crippen LogP contribution in [0, 0.1) is 6.92 Å². The second kappa shape index (κ2) is 5.78. The van der Waals surface area contributed by atoms with Crippen molar-refractivity contribution >= 4 is 0 Å². The number of hydrogen-bond donors (Lipinski definition) is 1. The molecule has 2 aromatic rings. The third kappa shape index (κ3) is 2.96. The summed E-state index contributed by atoms with van der Waals surface area (Å²) in [5.74, 6) is 0. The molecule has 1 aromatic carbocycles. The Balaban J connectivity index is 2.08. The van der Waals surface area contributed by atoms with Crippen LogP contribution in [0.15, 0.2) is 48.7 Å². The van der Waals surface area contributed by atoms with Crippen LogP contribution >= 0.6 is 0 Å². The molecular formula is C16H20N2. The highest BCUT2D eigenvalue weighted by Gasteiger charge is 2.12. The molecule has 0 fully saturated rings. The van der Waals surface area contributed by atoms with Gasteiger partial charge in [-0.2, -0.15) is 0 Å². The van der Waals surface area contributed by atoms with Crippen molar-refractivity contribution in [3.63, 3.8) is 0 Å². The standard InChI is InChI=1S/C16H20N2/c1-12-8-4-5-9-15(12)13(2)18-14(3)16-10-6-7-11-17-16/h4-11,13-14,18H,1-3H3/t13-,14?/m0/s1. The highest BCUT2D eigenvalue weighted by molar-refractivity contribution is 5.28. The van der Waals surface area contributed by atoms with E-state index < -0.39 is 0 Å². The van der Waals surface area contributed by atoms with Crippen molar-refractivity contribution < 1.29 is 0 Å². The fourth-order valence-electron chi connectivity index (χ4n) is 2.25. The Labute approximate surface area is 109 Å². The van der Waals surface area contributed by atoms with Crippen molar-refractivity contribution in [3.8, 4) is 0 Å². The molecule has 1 unspecified atom stereocenters. The van der Waals surface area contributed by atoms with Crippen LogP contribution in [-0.4, -0.2) is 4.98 Å². The molecule has 2 nitrogen and oxygen atoms in total. The average molecular weight is 240 g/mol. The van der Waals surface area contributed by atoms with Crippen LogP contribution < -0.4 is 5.32 Å². The van der Waals surface area contributed by atoms with E-state index in [0.717, 1.165) is 5.69 Å². The predicted octanol–water partition coefficient (Wildman–Crippen LogP) is 3.80. The van der Waals surface area contributed by atoms with Gasteiger partial charge in [-0.05, 0) is 44.0 Å². The minimum atomic E-state index is 0.251. The normalized spacial score (nSPS) is 14.2. The molecule has 0 saturated carbocycles. The SMILES string of the molecule is Cc1ccccc1[C@H](C)NC(C)c1ccccn1. The fourth-order valence-corrected chi connectivity index (χ4v) is 2.25. The van der Waals surface area contributed by atoms with E-state index in [1.165, 1.54) is 11.1 Å². The van der Waals surface area contributed by atoms with Crippen molar-refractivity contribution in [1.29, 1.82) is 0 Å². The molecule has 0 radical (unpaired) electrons. The molecule has 2 heteroatoms. The second-order valence-corrected chi connectivity index (χ2v) is 4.72. The summed E-state index contributed by atoms with van der Waals surface area (Å²) in [4.78, 5) is 4.39. The molecule has 0 aliphatic heterocycles. The number of nitrogens with one attached hydrogen (secondary N) is 1. The molecule has 18 heavy (non-hydrogen) atoms. The minimum Gasteiger partial charge on any atom is -0.302 e. The topological polar surface area (TPSA) is 24.9 Å². The van der Waals surface area contributed by atoms with Gasteiger partial charge in [-0.1, -0.05) is 30.3 Å². The summed E-state index contributed by atoms with van der Waals surface area (Å²) in [6.45, 7) is 6.50. The number of hydrogen-bond acceptors (Lipinski definition) is 2. The molecular weight excluding hydrogens is 220 g/mol. The van der Waals surface area contributed by atoms with Crippen molar-refractivity contribution in [2.45, 2.75) is 32.9 Å². The maximum Gasteiger partial charge on any atom is 0.0570 e. The first-order chi connectivity index (χ1) is 8.68. The number of pyridine rings is 1. The Morgan fingerprint density at radius 3 is 2.33 bits per heavy atom. The van der Waals surface area contributed by atoms with E-state index in [9.17, 15) is 0 Å². The van der Waals surface area contributed by atoms with E-state index in [1.54, 1.807) is 0 Å². The number of nitrogens with zero attached hydrogens (tertiary/aromatic N) is 1. The molecule has 2 rings (SSSR count). The average Bonchev–Trinajstić information content (AvgIpc) is 2.40. The van der Waals surface area contributed by atoms with Gasteiger partial charge in [0.1, 0.15) is 0 Å². The van der Waals surface area contributed by atoms with Gasteiger partial charge < -0.3 is 5.32 Å². The van der Waals surface area contributed by atoms with E-state index in [-0.39, 0.29) is 6.04 Å². The van der Waals surface area contributed by atoms with Gasteiger partial charge in [0.05, 0.1) is 5.69 Å². The van der Waals surface area contributed by atoms with Crippen molar-refractivity contribution in [1.82, 2.24) is 10.3 Å². The Morgan fingerprint density at radius 1 is 0.944 bits per heavy atom. The number of aryl methyl sites for hydroxylation is 1. The molecule has 1 heterocycles. The molecule has 0 aliphatic carbocycles. The fraction of sp³-hybridized carbons (Fsp3) is 0.312. The van der Waals surface area contributed by atoms with Crippen molar-refractivity contribution in [3.05, 3.63) is 65.5 Å². The quantitative estimate of drug-likeness (QED) is 0.879. The first-order valence-electron chi connectivity index (χ1n) is 6.41. The third-order valence-corrected chi connectivity index (χ3v) is 3.29. The lowest BCUT2D eigenvalue weighted by atomic mass is 10.0. The van der Waals surface area contributed by atoms with Gasteiger partial charge in [0.25, 0.3) is 0 Å². The van der Waals surface area contributed by atoms with Gasteiger partial charge in [0, 0.05) is 18.3 Å². The van der Waals surface area contributed by atoms with E-state index >= 15 is 0 Å². The zero-order valence-corrected chi connectivity index (χ0v) is 11.2. The molecule has 1 N–H and O–H groups in total. The second-order valence-electron chi connectivity index (χ2n) is 4.72. The number of benzene rings is 1. The molecule has 0 spiro atoms. The van der Waals surface area contributed by atoms with Gasteiger partial charge in [-0.3, -0.25) is 4.98 Å². The summed E-state index contributed by atoms with van der Waals surface area (Å²) < 4.78 is 0. The van der Waals surface area contributed by atoms with Crippen LogP contribution in [0.5, 0.6) is 0 Å². The van der Waals surface area contributed by atoms with Crippen LogP contribution in [0.4, 0.5) is 0 Å². The Kier molecular flexibility index (Phi) is 4.11. The van der Waals surface area contributed by atoms with E-state index in [4.69, 9.17) is 0 Å². The lowest BCUT2D eigenvalue weighted by molar-refractivity contribution is 0.485. The summed E-state index contributed by atoms with van der Waals surface area (Å²) in [6.07, 6.45) is 1.84. The molecule has 1 aromatic heterocycles. The molecule has 0 saturated heterocycles. The third-order valence-electron chi connectivity index (χ3n) is 3.29. The molecule has 0 bridgehead atoms. The van der Waals surface area contributed by atoms with E-state index in [2.05, 4.69) is 61.4 Å². The Bertz CT molecular complexity index is 493. The summed E-state index contributed by atoms with van der Waals surface area (Å²) in [5, 5.41) is 3.59. The maximum atomic E-state index is 4.39. The highest BCUT2D eigenvalue weighted by Crippen LogP contribution is 2.20. The molecule has 94 valence electrons. The highest BCUT2D eigenvalue weighted by atomic mass is 15.0.